The van der Waals surface area contributed by atoms with Crippen molar-refractivity contribution >= 4 is 0 Å². The highest BCUT2D eigenvalue weighted by atomic mass is 16.3. The molecular formula is C12H25NO. The van der Waals surface area contributed by atoms with Crippen molar-refractivity contribution in [1.82, 2.24) is 5.32 Å². The van der Waals surface area contributed by atoms with Gasteiger partial charge in [-0.05, 0) is 44.6 Å². The second kappa shape index (κ2) is 6.41. The molecule has 1 aliphatic carbocycles. The van der Waals surface area contributed by atoms with Crippen molar-refractivity contribution in [3.8, 4) is 0 Å². The lowest BCUT2D eigenvalue weighted by Crippen LogP contribution is -2.36. The van der Waals surface area contributed by atoms with Gasteiger partial charge in [-0.1, -0.05) is 20.3 Å². The predicted molar refractivity (Wildman–Crippen MR) is 60.3 cm³/mol. The van der Waals surface area contributed by atoms with Crippen molar-refractivity contribution in [2.45, 2.75) is 64.5 Å². The predicted octanol–water partition coefficient (Wildman–Crippen LogP) is 2.32. The lowest BCUT2D eigenvalue weighted by atomic mass is 9.92. The third-order valence-electron chi connectivity index (χ3n) is 3.23. The summed E-state index contributed by atoms with van der Waals surface area (Å²) in [7, 11) is 0. The Labute approximate surface area is 88.1 Å². The monoisotopic (exact) mass is 199 g/mol. The molecule has 1 aliphatic rings. The Morgan fingerprint density at radius 2 is 1.93 bits per heavy atom. The Bertz CT molecular complexity index is 141. The number of aliphatic hydroxyl groups is 1. The zero-order valence-corrected chi connectivity index (χ0v) is 9.63. The van der Waals surface area contributed by atoms with Crippen molar-refractivity contribution in [1.29, 1.82) is 0 Å². The van der Waals surface area contributed by atoms with Crippen molar-refractivity contribution < 1.29 is 5.11 Å². The van der Waals surface area contributed by atoms with Crippen LogP contribution in [0.15, 0.2) is 0 Å². The number of rotatable bonds is 5. The molecule has 0 spiro atoms. The fraction of sp³-hybridized carbons (Fsp3) is 1.00. The second-order valence-corrected chi connectivity index (χ2v) is 4.81. The number of hydrogen-bond donors (Lipinski definition) is 2. The minimum atomic E-state index is -0.0267. The largest absolute Gasteiger partial charge is 0.393 e. The van der Waals surface area contributed by atoms with Crippen molar-refractivity contribution in [3.63, 3.8) is 0 Å². The zero-order valence-electron chi connectivity index (χ0n) is 9.63. The molecule has 0 bridgehead atoms. The molecule has 2 N–H and O–H groups in total. The summed E-state index contributed by atoms with van der Waals surface area (Å²) in [5.74, 6) is 0.798. The maximum absolute atomic E-state index is 9.36. The first-order valence-electron chi connectivity index (χ1n) is 6.13. The van der Waals surface area contributed by atoms with Gasteiger partial charge in [-0.15, -0.1) is 0 Å². The summed E-state index contributed by atoms with van der Waals surface area (Å²) in [6.07, 6.45) is 6.86. The van der Waals surface area contributed by atoms with Gasteiger partial charge in [0, 0.05) is 6.04 Å². The summed E-state index contributed by atoms with van der Waals surface area (Å²) in [4.78, 5) is 0. The lowest BCUT2D eigenvalue weighted by molar-refractivity contribution is 0.116. The maximum Gasteiger partial charge on any atom is 0.0541 e. The van der Waals surface area contributed by atoms with Gasteiger partial charge in [0.05, 0.1) is 6.10 Å². The van der Waals surface area contributed by atoms with Gasteiger partial charge in [0.15, 0.2) is 0 Å². The zero-order chi connectivity index (χ0) is 10.4. The number of aliphatic hydroxyl groups excluding tert-OH is 1. The van der Waals surface area contributed by atoms with Gasteiger partial charge in [0.1, 0.15) is 0 Å². The smallest absolute Gasteiger partial charge is 0.0541 e. The Kier molecular flexibility index (Phi) is 5.49. The highest BCUT2D eigenvalue weighted by Gasteiger charge is 2.18. The number of nitrogens with one attached hydrogen (secondary N) is 1. The van der Waals surface area contributed by atoms with E-state index in [1.807, 2.05) is 0 Å². The van der Waals surface area contributed by atoms with Crippen LogP contribution in [0, 0.1) is 5.92 Å². The van der Waals surface area contributed by atoms with E-state index in [4.69, 9.17) is 0 Å². The Balaban J connectivity index is 2.06. The minimum Gasteiger partial charge on any atom is -0.393 e. The van der Waals surface area contributed by atoms with Gasteiger partial charge in [-0.25, -0.2) is 0 Å². The van der Waals surface area contributed by atoms with Crippen LogP contribution >= 0.6 is 0 Å². The molecule has 0 unspecified atom stereocenters. The van der Waals surface area contributed by atoms with E-state index in [0.29, 0.717) is 6.04 Å². The lowest BCUT2D eigenvalue weighted by Gasteiger charge is -2.27. The summed E-state index contributed by atoms with van der Waals surface area (Å²) in [6.45, 7) is 5.70. The van der Waals surface area contributed by atoms with Crippen LogP contribution in [-0.4, -0.2) is 23.8 Å². The van der Waals surface area contributed by atoms with E-state index in [-0.39, 0.29) is 6.10 Å². The highest BCUT2D eigenvalue weighted by molar-refractivity contribution is 4.76. The average Bonchev–Trinajstić information content (AvgIpc) is 2.17. The van der Waals surface area contributed by atoms with E-state index in [2.05, 4.69) is 19.2 Å². The SMILES string of the molecule is CCC[C@@H](C)CNC1CCC(O)CC1. The molecule has 0 radical (unpaired) electrons. The molecule has 1 saturated carbocycles. The fourth-order valence-corrected chi connectivity index (χ4v) is 2.24. The molecule has 0 saturated heterocycles. The first-order chi connectivity index (χ1) is 6.72. The molecule has 2 heteroatoms. The molecule has 1 atom stereocenters. The molecular weight excluding hydrogens is 174 g/mol. The first-order valence-corrected chi connectivity index (χ1v) is 6.13. The maximum atomic E-state index is 9.36. The summed E-state index contributed by atoms with van der Waals surface area (Å²) < 4.78 is 0. The molecule has 1 fully saturated rings. The number of hydrogen-bond acceptors (Lipinski definition) is 2. The van der Waals surface area contributed by atoms with E-state index in [0.717, 1.165) is 38.1 Å². The summed E-state index contributed by atoms with van der Waals surface area (Å²) in [5, 5.41) is 13.0. The normalized spacial score (nSPS) is 30.2. The second-order valence-electron chi connectivity index (χ2n) is 4.81. The van der Waals surface area contributed by atoms with Gasteiger partial charge < -0.3 is 10.4 Å². The van der Waals surface area contributed by atoms with Crippen LogP contribution in [0.3, 0.4) is 0 Å². The van der Waals surface area contributed by atoms with Crippen molar-refractivity contribution in [2.75, 3.05) is 6.54 Å². The quantitative estimate of drug-likeness (QED) is 0.712. The summed E-state index contributed by atoms with van der Waals surface area (Å²) in [6, 6.07) is 0.665. The Hall–Kier alpha value is -0.0800. The molecule has 0 aromatic rings. The fourth-order valence-electron chi connectivity index (χ4n) is 2.24. The topological polar surface area (TPSA) is 32.3 Å². The van der Waals surface area contributed by atoms with E-state index < -0.39 is 0 Å². The van der Waals surface area contributed by atoms with Crippen LogP contribution in [0.5, 0.6) is 0 Å². The minimum absolute atomic E-state index is 0.0267. The molecule has 0 aliphatic heterocycles. The molecule has 0 aromatic heterocycles. The Morgan fingerprint density at radius 1 is 1.29 bits per heavy atom. The van der Waals surface area contributed by atoms with E-state index in [9.17, 15) is 5.11 Å². The molecule has 2 nitrogen and oxygen atoms in total. The third-order valence-corrected chi connectivity index (χ3v) is 3.23. The van der Waals surface area contributed by atoms with Crippen LogP contribution in [0.2, 0.25) is 0 Å². The summed E-state index contributed by atoms with van der Waals surface area (Å²) in [5.41, 5.74) is 0. The van der Waals surface area contributed by atoms with Crippen LogP contribution in [-0.2, 0) is 0 Å². The molecule has 0 amide bonds. The van der Waals surface area contributed by atoms with E-state index in [1.54, 1.807) is 0 Å². The van der Waals surface area contributed by atoms with Gasteiger partial charge in [0.2, 0.25) is 0 Å². The third kappa shape index (κ3) is 4.43. The van der Waals surface area contributed by atoms with Crippen LogP contribution in [0.4, 0.5) is 0 Å². The van der Waals surface area contributed by atoms with Crippen LogP contribution in [0.1, 0.15) is 52.4 Å². The van der Waals surface area contributed by atoms with Crippen molar-refractivity contribution in [2.24, 2.45) is 5.92 Å². The molecule has 84 valence electrons. The van der Waals surface area contributed by atoms with E-state index >= 15 is 0 Å². The molecule has 0 aromatic carbocycles. The average molecular weight is 199 g/mol. The van der Waals surface area contributed by atoms with Crippen LogP contribution < -0.4 is 5.32 Å². The molecule has 0 heterocycles. The van der Waals surface area contributed by atoms with Gasteiger partial charge >= 0.3 is 0 Å². The molecule has 1 rings (SSSR count). The summed E-state index contributed by atoms with van der Waals surface area (Å²) >= 11 is 0. The van der Waals surface area contributed by atoms with Gasteiger partial charge in [-0.3, -0.25) is 0 Å². The standard InChI is InChI=1S/C12H25NO/c1-3-4-10(2)9-13-11-5-7-12(14)8-6-11/h10-14H,3-9H2,1-2H3/t10-,11?,12?/m1/s1. The highest BCUT2D eigenvalue weighted by Crippen LogP contribution is 2.18. The van der Waals surface area contributed by atoms with Gasteiger partial charge in [-0.2, -0.15) is 0 Å². The Morgan fingerprint density at radius 3 is 2.50 bits per heavy atom. The van der Waals surface area contributed by atoms with Crippen LogP contribution in [0.25, 0.3) is 0 Å². The molecule has 14 heavy (non-hydrogen) atoms. The van der Waals surface area contributed by atoms with Gasteiger partial charge in [0.25, 0.3) is 0 Å². The first kappa shape index (κ1) is 12.0. The van der Waals surface area contributed by atoms with Crippen molar-refractivity contribution in [3.05, 3.63) is 0 Å². The van der Waals surface area contributed by atoms with E-state index in [1.165, 1.54) is 12.8 Å².